The van der Waals surface area contributed by atoms with Gasteiger partial charge in [0.2, 0.25) is 0 Å². The van der Waals surface area contributed by atoms with Gasteiger partial charge in [-0.2, -0.15) is 5.10 Å². The normalized spacial score (nSPS) is 18.7. The lowest BCUT2D eigenvalue weighted by atomic mass is 10.1. The molecule has 0 saturated carbocycles. The van der Waals surface area contributed by atoms with Gasteiger partial charge in [-0.05, 0) is 48.4 Å². The van der Waals surface area contributed by atoms with E-state index >= 15 is 0 Å². The zero-order chi connectivity index (χ0) is 21.4. The van der Waals surface area contributed by atoms with Gasteiger partial charge < -0.3 is 14.5 Å². The number of hydrogen-bond acceptors (Lipinski definition) is 4. The summed E-state index contributed by atoms with van der Waals surface area (Å²) in [7, 11) is 0. The van der Waals surface area contributed by atoms with E-state index in [2.05, 4.69) is 41.2 Å². The molecule has 0 unspecified atom stereocenters. The van der Waals surface area contributed by atoms with Gasteiger partial charge >= 0.3 is 0 Å². The van der Waals surface area contributed by atoms with Crippen LogP contribution in [0.25, 0.3) is 0 Å². The number of ether oxygens (including phenoxy) is 1. The molecule has 0 N–H and O–H groups in total. The summed E-state index contributed by atoms with van der Waals surface area (Å²) in [5.74, 6) is -0.00571. The lowest BCUT2D eigenvalue weighted by molar-refractivity contribution is -0.00121. The molecule has 6 nitrogen and oxygen atoms in total. The Balaban J connectivity index is 1.24. The van der Waals surface area contributed by atoms with Crippen LogP contribution in [0.5, 0.6) is 0 Å². The van der Waals surface area contributed by atoms with E-state index in [4.69, 9.17) is 16.3 Å². The molecule has 5 rings (SSSR count). The number of piperazine rings is 1. The summed E-state index contributed by atoms with van der Waals surface area (Å²) < 4.78 is 7.91. The second kappa shape index (κ2) is 8.36. The Morgan fingerprint density at radius 3 is 2.58 bits per heavy atom. The lowest BCUT2D eigenvalue weighted by Gasteiger charge is -2.36. The van der Waals surface area contributed by atoms with Gasteiger partial charge in [0.1, 0.15) is 6.10 Å². The molecule has 0 bridgehead atoms. The Morgan fingerprint density at radius 2 is 1.84 bits per heavy atom. The van der Waals surface area contributed by atoms with Gasteiger partial charge in [-0.3, -0.25) is 9.48 Å². The predicted molar refractivity (Wildman–Crippen MR) is 121 cm³/mol. The molecule has 1 fully saturated rings. The first kappa shape index (κ1) is 20.1. The third kappa shape index (κ3) is 4.18. The van der Waals surface area contributed by atoms with Crippen molar-refractivity contribution >= 4 is 23.2 Å². The summed E-state index contributed by atoms with van der Waals surface area (Å²) in [5.41, 5.74) is 4.96. The lowest BCUT2D eigenvalue weighted by Crippen LogP contribution is -2.49. The van der Waals surface area contributed by atoms with Crippen LogP contribution >= 0.6 is 11.6 Å². The SMILES string of the molecule is Cc1cccc(N2CCN(C(=O)c3cc4n(n3)C[C@H](c3ccc(Cl)cc3)OC4)CC2)c1. The van der Waals surface area contributed by atoms with E-state index in [0.29, 0.717) is 37.0 Å². The predicted octanol–water partition coefficient (Wildman–Crippen LogP) is 4.08. The Morgan fingerprint density at radius 1 is 1.06 bits per heavy atom. The first-order valence-corrected chi connectivity index (χ1v) is 11.0. The number of nitrogens with zero attached hydrogens (tertiary/aromatic N) is 4. The number of carbonyl (C=O) groups is 1. The molecule has 2 aliphatic heterocycles. The summed E-state index contributed by atoms with van der Waals surface area (Å²) in [4.78, 5) is 17.3. The topological polar surface area (TPSA) is 50.6 Å². The number of benzene rings is 2. The molecule has 7 heteroatoms. The first-order valence-electron chi connectivity index (χ1n) is 10.6. The maximum Gasteiger partial charge on any atom is 0.274 e. The third-order valence-corrected chi connectivity index (χ3v) is 6.28. The molecule has 160 valence electrons. The molecule has 1 aromatic heterocycles. The molecular formula is C24H25ClN4O2. The minimum atomic E-state index is -0.0921. The highest BCUT2D eigenvalue weighted by molar-refractivity contribution is 6.30. The van der Waals surface area contributed by atoms with Crippen LogP contribution < -0.4 is 4.90 Å². The van der Waals surface area contributed by atoms with Crippen LogP contribution in [0.15, 0.2) is 54.6 Å². The van der Waals surface area contributed by atoms with Crippen LogP contribution in [-0.2, 0) is 17.9 Å². The van der Waals surface area contributed by atoms with Crippen molar-refractivity contribution in [3.05, 3.63) is 82.1 Å². The minimum Gasteiger partial charge on any atom is -0.368 e. The number of anilines is 1. The molecule has 3 aromatic rings. The number of amides is 1. The number of aryl methyl sites for hydroxylation is 1. The fraction of sp³-hybridized carbons (Fsp3) is 0.333. The Kier molecular flexibility index (Phi) is 5.42. The van der Waals surface area contributed by atoms with Crippen LogP contribution in [0.1, 0.15) is 33.4 Å². The molecule has 2 aliphatic rings. The Bertz CT molecular complexity index is 1090. The van der Waals surface area contributed by atoms with Crippen LogP contribution in [0, 0.1) is 6.92 Å². The summed E-state index contributed by atoms with van der Waals surface area (Å²) in [6, 6.07) is 18.1. The molecule has 3 heterocycles. The third-order valence-electron chi connectivity index (χ3n) is 6.03. The van der Waals surface area contributed by atoms with E-state index in [0.717, 1.165) is 24.3 Å². The molecular weight excluding hydrogens is 412 g/mol. The average Bonchev–Trinajstić information content (AvgIpc) is 3.23. The van der Waals surface area contributed by atoms with Crippen LogP contribution in [0.3, 0.4) is 0 Å². The maximum atomic E-state index is 13.1. The number of fused-ring (bicyclic) bond motifs is 1. The fourth-order valence-electron chi connectivity index (χ4n) is 4.26. The van der Waals surface area contributed by atoms with E-state index in [1.54, 1.807) is 0 Å². The number of halogens is 1. The fourth-order valence-corrected chi connectivity index (χ4v) is 4.39. The highest BCUT2D eigenvalue weighted by Crippen LogP contribution is 2.28. The molecule has 0 radical (unpaired) electrons. The summed E-state index contributed by atoms with van der Waals surface area (Å²) >= 11 is 5.99. The second-order valence-corrected chi connectivity index (χ2v) is 8.61. The number of rotatable bonds is 3. The largest absolute Gasteiger partial charge is 0.368 e. The highest BCUT2D eigenvalue weighted by atomic mass is 35.5. The smallest absolute Gasteiger partial charge is 0.274 e. The van der Waals surface area contributed by atoms with E-state index in [9.17, 15) is 4.79 Å². The molecule has 1 amide bonds. The van der Waals surface area contributed by atoms with E-state index in [-0.39, 0.29) is 12.0 Å². The quantitative estimate of drug-likeness (QED) is 0.620. The highest BCUT2D eigenvalue weighted by Gasteiger charge is 2.28. The van der Waals surface area contributed by atoms with Crippen molar-refractivity contribution in [2.24, 2.45) is 0 Å². The van der Waals surface area contributed by atoms with Gasteiger partial charge in [0, 0.05) is 36.9 Å². The van der Waals surface area contributed by atoms with Crippen LogP contribution in [0.2, 0.25) is 5.02 Å². The molecule has 2 aromatic carbocycles. The van der Waals surface area contributed by atoms with Gasteiger partial charge in [-0.1, -0.05) is 35.9 Å². The molecule has 1 atom stereocenters. The van der Waals surface area contributed by atoms with E-state index < -0.39 is 0 Å². The number of aromatic nitrogens is 2. The van der Waals surface area contributed by atoms with Gasteiger partial charge in [0.25, 0.3) is 5.91 Å². The minimum absolute atomic E-state index is 0.00571. The summed E-state index contributed by atoms with van der Waals surface area (Å²) in [6.07, 6.45) is -0.0921. The van der Waals surface area contributed by atoms with Gasteiger partial charge in [-0.25, -0.2) is 0 Å². The van der Waals surface area contributed by atoms with Crippen molar-refractivity contribution < 1.29 is 9.53 Å². The van der Waals surface area contributed by atoms with Crippen LogP contribution in [-0.4, -0.2) is 46.8 Å². The average molecular weight is 437 g/mol. The second-order valence-electron chi connectivity index (χ2n) is 8.17. The first-order chi connectivity index (χ1) is 15.1. The number of carbonyl (C=O) groups excluding carboxylic acids is 1. The molecule has 1 saturated heterocycles. The standard InChI is InChI=1S/C24H25ClN4O2/c1-17-3-2-4-20(13-17)27-9-11-28(12-10-27)24(30)22-14-21-16-31-23(15-29(21)26-22)18-5-7-19(25)8-6-18/h2-8,13-14,23H,9-12,15-16H2,1H3/t23-/m1/s1. The monoisotopic (exact) mass is 436 g/mol. The summed E-state index contributed by atoms with van der Waals surface area (Å²) in [6.45, 7) is 6.16. The van der Waals surface area contributed by atoms with Crippen molar-refractivity contribution in [1.82, 2.24) is 14.7 Å². The van der Waals surface area contributed by atoms with Crippen molar-refractivity contribution in [2.45, 2.75) is 26.2 Å². The molecule has 0 spiro atoms. The van der Waals surface area contributed by atoms with Crippen LogP contribution in [0.4, 0.5) is 5.69 Å². The maximum absolute atomic E-state index is 13.1. The Hall–Kier alpha value is -2.83. The number of hydrogen-bond donors (Lipinski definition) is 0. The van der Waals surface area contributed by atoms with Gasteiger partial charge in [-0.15, -0.1) is 0 Å². The van der Waals surface area contributed by atoms with Crippen molar-refractivity contribution in [3.8, 4) is 0 Å². The zero-order valence-corrected chi connectivity index (χ0v) is 18.3. The van der Waals surface area contributed by atoms with E-state index in [1.807, 2.05) is 39.9 Å². The van der Waals surface area contributed by atoms with Gasteiger partial charge in [0.05, 0.1) is 18.8 Å². The van der Waals surface area contributed by atoms with Gasteiger partial charge in [0.15, 0.2) is 5.69 Å². The van der Waals surface area contributed by atoms with Crippen molar-refractivity contribution in [3.63, 3.8) is 0 Å². The Labute approximate surface area is 187 Å². The van der Waals surface area contributed by atoms with E-state index in [1.165, 1.54) is 11.3 Å². The van der Waals surface area contributed by atoms with Crippen molar-refractivity contribution in [1.29, 1.82) is 0 Å². The molecule has 0 aliphatic carbocycles. The summed E-state index contributed by atoms with van der Waals surface area (Å²) in [5, 5.41) is 5.32. The van der Waals surface area contributed by atoms with Crippen molar-refractivity contribution in [2.75, 3.05) is 31.1 Å². The zero-order valence-electron chi connectivity index (χ0n) is 17.5. The molecule has 31 heavy (non-hydrogen) atoms.